The number of non-ortho nitro benzene ring substituents is 1. The third kappa shape index (κ3) is 3.44. The van der Waals surface area contributed by atoms with Gasteiger partial charge in [0.05, 0.1) is 10.5 Å². The maximum atomic E-state index is 12.3. The maximum Gasteiger partial charge on any atom is 0.270 e. The first-order chi connectivity index (χ1) is 11.9. The minimum atomic E-state index is -0.578. The van der Waals surface area contributed by atoms with E-state index in [1.165, 1.54) is 12.1 Å². The lowest BCUT2D eigenvalue weighted by Crippen LogP contribution is -2.14. The fraction of sp³-hybridized carbons (Fsp3) is 0.0625. The van der Waals surface area contributed by atoms with Crippen LogP contribution in [0.25, 0.3) is 11.4 Å². The molecule has 0 aliphatic heterocycles. The predicted octanol–water partition coefficient (Wildman–Crippen LogP) is 2.22. The molecule has 0 spiro atoms. The highest BCUT2D eigenvalue weighted by Gasteiger charge is 2.15. The summed E-state index contributed by atoms with van der Waals surface area (Å²) in [5.74, 6) is 0.0493. The predicted molar refractivity (Wildman–Crippen MR) is 91.9 cm³/mol. The van der Waals surface area contributed by atoms with E-state index in [0.29, 0.717) is 11.5 Å². The molecule has 3 N–H and O–H groups in total. The van der Waals surface area contributed by atoms with Crippen molar-refractivity contribution >= 4 is 23.0 Å². The molecule has 0 radical (unpaired) electrons. The first-order valence-corrected chi connectivity index (χ1v) is 7.25. The van der Waals surface area contributed by atoms with Crippen LogP contribution >= 0.6 is 0 Å². The number of aryl methyl sites for hydroxylation is 1. The zero-order chi connectivity index (χ0) is 18.0. The second-order valence-corrected chi connectivity index (χ2v) is 5.30. The molecule has 1 amide bonds. The molecule has 0 aliphatic rings. The molecule has 0 saturated carbocycles. The van der Waals surface area contributed by atoms with E-state index in [2.05, 4.69) is 15.4 Å². The van der Waals surface area contributed by atoms with Gasteiger partial charge in [0.1, 0.15) is 6.33 Å². The lowest BCUT2D eigenvalue weighted by atomic mass is 10.1. The number of carbonyl (C=O) groups is 1. The molecule has 0 saturated heterocycles. The topological polar surface area (TPSA) is 129 Å². The van der Waals surface area contributed by atoms with E-state index in [4.69, 9.17) is 5.73 Å². The molecule has 9 heteroatoms. The second kappa shape index (κ2) is 6.40. The Morgan fingerprint density at radius 2 is 1.96 bits per heavy atom. The first-order valence-electron chi connectivity index (χ1n) is 7.25. The van der Waals surface area contributed by atoms with Crippen molar-refractivity contribution in [3.8, 4) is 11.4 Å². The van der Waals surface area contributed by atoms with Gasteiger partial charge in [0.15, 0.2) is 5.82 Å². The Labute approximate surface area is 142 Å². The van der Waals surface area contributed by atoms with E-state index in [1.807, 2.05) is 0 Å². The number of rotatable bonds is 4. The average Bonchev–Trinajstić information content (AvgIpc) is 3.02. The van der Waals surface area contributed by atoms with Crippen LogP contribution in [0.15, 0.2) is 48.8 Å². The number of nitro benzene ring substituents is 1. The van der Waals surface area contributed by atoms with Crippen LogP contribution in [-0.4, -0.2) is 25.6 Å². The Bertz CT molecular complexity index is 949. The molecule has 0 aliphatic carbocycles. The number of hydrogen-bond acceptors (Lipinski definition) is 6. The summed E-state index contributed by atoms with van der Waals surface area (Å²) in [6, 6.07) is 10.7. The number of nitrogens with two attached hydrogens (primary N) is 1. The van der Waals surface area contributed by atoms with Crippen molar-refractivity contribution in [2.24, 2.45) is 7.05 Å². The minimum absolute atomic E-state index is 0.0460. The zero-order valence-corrected chi connectivity index (χ0v) is 13.2. The lowest BCUT2D eigenvalue weighted by molar-refractivity contribution is -0.384. The number of hydrogen-bond donors (Lipinski definition) is 2. The van der Waals surface area contributed by atoms with Crippen LogP contribution in [0.4, 0.5) is 17.1 Å². The van der Waals surface area contributed by atoms with Crippen molar-refractivity contribution in [2.75, 3.05) is 11.1 Å². The summed E-state index contributed by atoms with van der Waals surface area (Å²) < 4.78 is 1.59. The van der Waals surface area contributed by atoms with Gasteiger partial charge >= 0.3 is 0 Å². The number of amides is 1. The highest BCUT2D eigenvalue weighted by Crippen LogP contribution is 2.22. The van der Waals surface area contributed by atoms with E-state index in [0.717, 1.165) is 11.6 Å². The fourth-order valence-corrected chi connectivity index (χ4v) is 2.23. The lowest BCUT2D eigenvalue weighted by Gasteiger charge is -2.08. The molecular weight excluding hydrogens is 324 g/mol. The standard InChI is InChI=1S/C16H14N6O3/c1-21-9-18-15(20-21)10-2-4-11(5-3-10)19-16(23)13-8-12(22(24)25)6-7-14(13)17/h2-9H,17H2,1H3,(H,19,23). The van der Waals surface area contributed by atoms with Crippen LogP contribution in [0.2, 0.25) is 0 Å². The number of benzene rings is 2. The van der Waals surface area contributed by atoms with Gasteiger partial charge < -0.3 is 11.1 Å². The van der Waals surface area contributed by atoms with Crippen LogP contribution < -0.4 is 11.1 Å². The molecule has 0 bridgehead atoms. The van der Waals surface area contributed by atoms with E-state index >= 15 is 0 Å². The monoisotopic (exact) mass is 338 g/mol. The molecule has 9 nitrogen and oxygen atoms in total. The van der Waals surface area contributed by atoms with Gasteiger partial charge in [-0.2, -0.15) is 5.10 Å². The van der Waals surface area contributed by atoms with Crippen molar-refractivity contribution < 1.29 is 9.72 Å². The highest BCUT2D eigenvalue weighted by molar-refractivity contribution is 6.08. The Morgan fingerprint density at radius 1 is 1.24 bits per heavy atom. The number of nitrogen functional groups attached to an aromatic ring is 1. The summed E-state index contributed by atoms with van der Waals surface area (Å²) >= 11 is 0. The smallest absolute Gasteiger partial charge is 0.270 e. The first kappa shape index (κ1) is 16.1. The molecule has 0 fully saturated rings. The molecule has 126 valence electrons. The van der Waals surface area contributed by atoms with E-state index in [9.17, 15) is 14.9 Å². The summed E-state index contributed by atoms with van der Waals surface area (Å²) in [4.78, 5) is 26.7. The van der Waals surface area contributed by atoms with Gasteiger partial charge in [-0.25, -0.2) is 4.98 Å². The molecular formula is C16H14N6O3. The van der Waals surface area contributed by atoms with Crippen molar-refractivity contribution in [1.29, 1.82) is 0 Å². The van der Waals surface area contributed by atoms with Crippen molar-refractivity contribution in [3.05, 3.63) is 64.5 Å². The van der Waals surface area contributed by atoms with Gasteiger partial charge in [0, 0.05) is 36.1 Å². The van der Waals surface area contributed by atoms with Gasteiger partial charge in [-0.15, -0.1) is 0 Å². The van der Waals surface area contributed by atoms with Crippen LogP contribution in [0.1, 0.15) is 10.4 Å². The Kier molecular flexibility index (Phi) is 4.12. The molecule has 3 rings (SSSR count). The number of nitrogens with one attached hydrogen (secondary N) is 1. The van der Waals surface area contributed by atoms with Gasteiger partial charge in [0.2, 0.25) is 0 Å². The maximum absolute atomic E-state index is 12.3. The molecule has 0 atom stereocenters. The molecule has 1 aromatic heterocycles. The van der Waals surface area contributed by atoms with E-state index in [-0.39, 0.29) is 16.9 Å². The molecule has 25 heavy (non-hydrogen) atoms. The van der Waals surface area contributed by atoms with Crippen molar-refractivity contribution in [3.63, 3.8) is 0 Å². The number of carbonyl (C=O) groups excluding carboxylic acids is 1. The van der Waals surface area contributed by atoms with Crippen LogP contribution in [0.5, 0.6) is 0 Å². The van der Waals surface area contributed by atoms with Crippen molar-refractivity contribution in [1.82, 2.24) is 14.8 Å². The average molecular weight is 338 g/mol. The van der Waals surface area contributed by atoms with Crippen molar-refractivity contribution in [2.45, 2.75) is 0 Å². The molecule has 3 aromatic rings. The molecule has 2 aromatic carbocycles. The van der Waals surface area contributed by atoms with E-state index < -0.39 is 10.8 Å². The summed E-state index contributed by atoms with van der Waals surface area (Å²) in [6.45, 7) is 0. The van der Waals surface area contributed by atoms with Gasteiger partial charge in [-0.3, -0.25) is 19.6 Å². The van der Waals surface area contributed by atoms with Gasteiger partial charge in [-0.1, -0.05) is 0 Å². The second-order valence-electron chi connectivity index (χ2n) is 5.30. The largest absolute Gasteiger partial charge is 0.398 e. The Balaban J connectivity index is 1.79. The SMILES string of the molecule is Cn1cnc(-c2ccc(NC(=O)c3cc([N+](=O)[O-])ccc3N)cc2)n1. The zero-order valence-electron chi connectivity index (χ0n) is 13.2. The number of nitro groups is 1. The van der Waals surface area contributed by atoms with E-state index in [1.54, 1.807) is 42.3 Å². The van der Waals surface area contributed by atoms with Gasteiger partial charge in [0.25, 0.3) is 11.6 Å². The molecule has 1 heterocycles. The number of nitrogens with zero attached hydrogens (tertiary/aromatic N) is 4. The minimum Gasteiger partial charge on any atom is -0.398 e. The number of aromatic nitrogens is 3. The normalized spacial score (nSPS) is 10.4. The summed E-state index contributed by atoms with van der Waals surface area (Å²) in [5.41, 5.74) is 7.08. The van der Waals surface area contributed by atoms with Crippen LogP contribution in [0.3, 0.4) is 0 Å². The number of anilines is 2. The third-order valence-corrected chi connectivity index (χ3v) is 3.49. The quantitative estimate of drug-likeness (QED) is 0.426. The highest BCUT2D eigenvalue weighted by atomic mass is 16.6. The summed E-state index contributed by atoms with van der Waals surface area (Å²) in [7, 11) is 1.77. The van der Waals surface area contributed by atoms with Crippen LogP contribution in [0, 0.1) is 10.1 Å². The summed E-state index contributed by atoms with van der Waals surface area (Å²) in [6.07, 6.45) is 1.59. The van der Waals surface area contributed by atoms with Crippen LogP contribution in [-0.2, 0) is 7.05 Å². The summed E-state index contributed by atoms with van der Waals surface area (Å²) in [5, 5.41) is 17.7. The van der Waals surface area contributed by atoms with Gasteiger partial charge in [-0.05, 0) is 30.3 Å². The Hall–Kier alpha value is -3.75. The Morgan fingerprint density at radius 3 is 2.56 bits per heavy atom. The fourth-order valence-electron chi connectivity index (χ4n) is 2.23. The molecule has 0 unspecified atom stereocenters. The third-order valence-electron chi connectivity index (χ3n) is 3.49.